The lowest BCUT2D eigenvalue weighted by Crippen LogP contribution is -2.41. The van der Waals surface area contributed by atoms with Crippen LogP contribution in [0.15, 0.2) is 84.9 Å². The molecule has 1 saturated heterocycles. The van der Waals surface area contributed by atoms with Crippen LogP contribution in [0.25, 0.3) is 0 Å². The predicted octanol–water partition coefficient (Wildman–Crippen LogP) is 5.28. The molecule has 2 heteroatoms. The van der Waals surface area contributed by atoms with Crippen LogP contribution >= 0.6 is 0 Å². The van der Waals surface area contributed by atoms with Gasteiger partial charge in [-0.15, -0.1) is 0 Å². The third kappa shape index (κ3) is 3.17. The van der Waals surface area contributed by atoms with Crippen molar-refractivity contribution in [1.82, 2.24) is 0 Å². The van der Waals surface area contributed by atoms with Crippen LogP contribution in [0.1, 0.15) is 40.7 Å². The smallest absolute Gasteiger partial charge is 0.158 e. The van der Waals surface area contributed by atoms with E-state index < -0.39 is 6.29 Å². The van der Waals surface area contributed by atoms with E-state index in [2.05, 4.69) is 84.9 Å². The first-order chi connectivity index (χ1) is 13.8. The minimum absolute atomic E-state index is 0.00983. The van der Waals surface area contributed by atoms with Crippen molar-refractivity contribution >= 4 is 0 Å². The Labute approximate surface area is 166 Å². The first-order valence-electron chi connectivity index (χ1n) is 10.3. The summed E-state index contributed by atoms with van der Waals surface area (Å²) in [7, 11) is 0. The summed E-state index contributed by atoms with van der Waals surface area (Å²) in [6.07, 6.45) is 2.16. The molecule has 2 nitrogen and oxygen atoms in total. The minimum Gasteiger partial charge on any atom is -0.368 e. The van der Waals surface area contributed by atoms with Crippen LogP contribution in [-0.2, 0) is 17.6 Å². The second-order valence-electron chi connectivity index (χ2n) is 8.14. The molecule has 0 radical (unpaired) electrons. The van der Waals surface area contributed by atoms with Gasteiger partial charge in [-0.25, -0.2) is 0 Å². The molecule has 0 saturated carbocycles. The van der Waals surface area contributed by atoms with Gasteiger partial charge in [-0.3, -0.25) is 0 Å². The van der Waals surface area contributed by atoms with E-state index in [9.17, 15) is 5.11 Å². The molecule has 3 aromatic rings. The number of rotatable bonds is 4. The standard InChI is InChI=1S/C26H26O2/c27-26-22(16-15-18-9-3-1-4-10-18)24(19-11-5-2-6-12-19)23-17-20-13-7-8-14-21(20)25(23)28-26/h1-14,22-27H,15-17H2/t22-,23+,24-,25+,26-/m1/s1. The molecule has 1 aliphatic carbocycles. The summed E-state index contributed by atoms with van der Waals surface area (Å²) in [5, 5.41) is 11.0. The van der Waals surface area contributed by atoms with Crippen LogP contribution in [0.4, 0.5) is 0 Å². The molecule has 0 amide bonds. The summed E-state index contributed by atoms with van der Waals surface area (Å²) in [4.78, 5) is 0. The monoisotopic (exact) mass is 370 g/mol. The fraction of sp³-hybridized carbons (Fsp3) is 0.308. The number of aliphatic hydroxyl groups is 1. The molecule has 1 aliphatic heterocycles. The molecule has 1 N–H and O–H groups in total. The quantitative estimate of drug-likeness (QED) is 0.677. The Morgan fingerprint density at radius 1 is 0.821 bits per heavy atom. The maximum atomic E-state index is 11.0. The highest BCUT2D eigenvalue weighted by atomic mass is 16.6. The van der Waals surface area contributed by atoms with Crippen molar-refractivity contribution in [2.45, 2.75) is 37.6 Å². The van der Waals surface area contributed by atoms with E-state index in [-0.39, 0.29) is 12.0 Å². The molecular formula is C26H26O2. The fourth-order valence-electron chi connectivity index (χ4n) is 5.29. The molecule has 0 unspecified atom stereocenters. The zero-order chi connectivity index (χ0) is 18.9. The largest absolute Gasteiger partial charge is 0.368 e. The van der Waals surface area contributed by atoms with Crippen molar-refractivity contribution in [1.29, 1.82) is 0 Å². The van der Waals surface area contributed by atoms with Gasteiger partial charge in [0.05, 0.1) is 6.10 Å². The van der Waals surface area contributed by atoms with E-state index in [1.807, 2.05) is 0 Å². The van der Waals surface area contributed by atoms with E-state index in [0.29, 0.717) is 11.8 Å². The van der Waals surface area contributed by atoms with E-state index in [1.54, 1.807) is 0 Å². The minimum atomic E-state index is -0.735. The summed E-state index contributed by atoms with van der Waals surface area (Å²) in [5.41, 5.74) is 5.27. The van der Waals surface area contributed by atoms with Gasteiger partial charge >= 0.3 is 0 Å². The van der Waals surface area contributed by atoms with Gasteiger partial charge < -0.3 is 9.84 Å². The predicted molar refractivity (Wildman–Crippen MR) is 111 cm³/mol. The number of hydrogen-bond acceptors (Lipinski definition) is 2. The van der Waals surface area contributed by atoms with Crippen LogP contribution in [-0.4, -0.2) is 11.4 Å². The Bertz CT molecular complexity index is 921. The number of aliphatic hydroxyl groups excluding tert-OH is 1. The van der Waals surface area contributed by atoms with Crippen LogP contribution in [0.2, 0.25) is 0 Å². The summed E-state index contributed by atoms with van der Waals surface area (Å²) in [6, 6.07) is 29.9. The topological polar surface area (TPSA) is 29.5 Å². The number of fused-ring (bicyclic) bond motifs is 3. The Morgan fingerprint density at radius 2 is 1.50 bits per heavy atom. The van der Waals surface area contributed by atoms with E-state index >= 15 is 0 Å². The average Bonchev–Trinajstić information content (AvgIpc) is 3.11. The Kier molecular flexibility index (Phi) is 4.76. The highest BCUT2D eigenvalue weighted by molar-refractivity contribution is 5.38. The van der Waals surface area contributed by atoms with E-state index in [1.165, 1.54) is 22.3 Å². The van der Waals surface area contributed by atoms with Crippen molar-refractivity contribution in [3.05, 3.63) is 107 Å². The third-order valence-electron chi connectivity index (χ3n) is 6.57. The molecule has 3 aromatic carbocycles. The third-order valence-corrected chi connectivity index (χ3v) is 6.57. The Balaban J connectivity index is 1.48. The SMILES string of the molecule is O[C@@H]1O[C@H]2c3ccccc3C[C@H]2[C@H](c2ccccc2)[C@H]1CCc1ccccc1. The van der Waals surface area contributed by atoms with Crippen LogP contribution in [0, 0.1) is 11.8 Å². The molecule has 1 heterocycles. The first-order valence-corrected chi connectivity index (χ1v) is 10.3. The number of ether oxygens (including phenoxy) is 1. The highest BCUT2D eigenvalue weighted by Gasteiger charge is 2.49. The van der Waals surface area contributed by atoms with Crippen molar-refractivity contribution in [3.63, 3.8) is 0 Å². The number of benzene rings is 3. The Morgan fingerprint density at radius 3 is 2.29 bits per heavy atom. The summed E-state index contributed by atoms with van der Waals surface area (Å²) in [6.45, 7) is 0. The lowest BCUT2D eigenvalue weighted by Gasteiger charge is -2.44. The van der Waals surface area contributed by atoms with Crippen molar-refractivity contribution in [2.24, 2.45) is 11.8 Å². The molecule has 5 rings (SSSR count). The fourth-order valence-corrected chi connectivity index (χ4v) is 5.29. The second-order valence-corrected chi connectivity index (χ2v) is 8.14. The lowest BCUT2D eigenvalue weighted by molar-refractivity contribution is -0.221. The summed E-state index contributed by atoms with van der Waals surface area (Å²) >= 11 is 0. The molecular weight excluding hydrogens is 344 g/mol. The highest BCUT2D eigenvalue weighted by Crippen LogP contribution is 2.54. The zero-order valence-corrected chi connectivity index (χ0v) is 15.9. The molecule has 0 bridgehead atoms. The zero-order valence-electron chi connectivity index (χ0n) is 15.9. The molecule has 1 fully saturated rings. The van der Waals surface area contributed by atoms with E-state index in [4.69, 9.17) is 4.74 Å². The van der Waals surface area contributed by atoms with Gasteiger partial charge in [0.25, 0.3) is 0 Å². The van der Waals surface area contributed by atoms with Crippen molar-refractivity contribution < 1.29 is 9.84 Å². The van der Waals surface area contributed by atoms with Crippen LogP contribution in [0.3, 0.4) is 0 Å². The average molecular weight is 370 g/mol. The van der Waals surface area contributed by atoms with Crippen molar-refractivity contribution in [2.75, 3.05) is 0 Å². The van der Waals surface area contributed by atoms with Gasteiger partial charge in [-0.1, -0.05) is 84.9 Å². The van der Waals surface area contributed by atoms with Crippen LogP contribution in [0.5, 0.6) is 0 Å². The molecule has 2 aliphatic rings. The van der Waals surface area contributed by atoms with Gasteiger partial charge in [0.2, 0.25) is 0 Å². The normalized spacial score (nSPS) is 28.5. The molecule has 5 atom stereocenters. The van der Waals surface area contributed by atoms with Gasteiger partial charge in [0, 0.05) is 11.8 Å². The molecule has 28 heavy (non-hydrogen) atoms. The molecule has 0 spiro atoms. The summed E-state index contributed by atoms with van der Waals surface area (Å²) in [5.74, 6) is 0.771. The van der Waals surface area contributed by atoms with Gasteiger partial charge in [-0.2, -0.15) is 0 Å². The Hall–Kier alpha value is -2.42. The number of hydrogen-bond donors (Lipinski definition) is 1. The maximum Gasteiger partial charge on any atom is 0.158 e. The number of aryl methyl sites for hydroxylation is 1. The van der Waals surface area contributed by atoms with Crippen molar-refractivity contribution in [3.8, 4) is 0 Å². The maximum absolute atomic E-state index is 11.0. The van der Waals surface area contributed by atoms with E-state index in [0.717, 1.165) is 19.3 Å². The first kappa shape index (κ1) is 17.7. The van der Waals surface area contributed by atoms with Gasteiger partial charge in [0.1, 0.15) is 0 Å². The summed E-state index contributed by atoms with van der Waals surface area (Å²) < 4.78 is 6.25. The van der Waals surface area contributed by atoms with Gasteiger partial charge in [-0.05, 0) is 47.4 Å². The lowest BCUT2D eigenvalue weighted by atomic mass is 9.70. The van der Waals surface area contributed by atoms with Crippen LogP contribution < -0.4 is 0 Å². The van der Waals surface area contributed by atoms with Gasteiger partial charge in [0.15, 0.2) is 6.29 Å². The molecule has 142 valence electrons. The molecule has 0 aromatic heterocycles. The second kappa shape index (κ2) is 7.54.